The van der Waals surface area contributed by atoms with Crippen molar-refractivity contribution in [1.82, 2.24) is 4.90 Å². The Morgan fingerprint density at radius 3 is 2.44 bits per heavy atom. The molecule has 0 aliphatic carbocycles. The Labute approximate surface area is 114 Å². The minimum atomic E-state index is 0.0393. The molecule has 0 saturated carbocycles. The molecule has 1 aromatic carbocycles. The Morgan fingerprint density at radius 2 is 1.94 bits per heavy atom. The zero-order chi connectivity index (χ0) is 13.7. The van der Waals surface area contributed by atoms with Gasteiger partial charge in [-0.1, -0.05) is 25.4 Å². The van der Waals surface area contributed by atoms with Crippen LogP contribution in [0.5, 0.6) is 5.75 Å². The van der Waals surface area contributed by atoms with Gasteiger partial charge in [0.05, 0.1) is 19.2 Å². The lowest BCUT2D eigenvalue weighted by atomic mass is 10.1. The SMILES string of the molecule is CCN(CC)CC(=O)c1cc(Cl)c(C)cc1OC. The van der Waals surface area contributed by atoms with Gasteiger partial charge in [-0.3, -0.25) is 9.69 Å². The minimum Gasteiger partial charge on any atom is -0.496 e. The van der Waals surface area contributed by atoms with Crippen LogP contribution in [-0.4, -0.2) is 37.4 Å². The van der Waals surface area contributed by atoms with E-state index in [4.69, 9.17) is 16.3 Å². The standard InChI is InChI=1S/C14H20ClNO2/c1-5-16(6-2)9-13(17)11-8-12(15)10(3)7-14(11)18-4/h7-8H,5-6,9H2,1-4H3. The number of Topliss-reactive ketones (excluding diaryl/α,β-unsaturated/α-hetero) is 1. The molecule has 4 heteroatoms. The van der Waals surface area contributed by atoms with Gasteiger partial charge in [-0.25, -0.2) is 0 Å². The molecule has 1 aromatic rings. The van der Waals surface area contributed by atoms with Gasteiger partial charge in [-0.15, -0.1) is 0 Å². The van der Waals surface area contributed by atoms with Crippen molar-refractivity contribution in [3.05, 3.63) is 28.3 Å². The fourth-order valence-electron chi connectivity index (χ4n) is 1.78. The van der Waals surface area contributed by atoms with Crippen LogP contribution in [0.4, 0.5) is 0 Å². The van der Waals surface area contributed by atoms with Gasteiger partial charge in [0.15, 0.2) is 5.78 Å². The van der Waals surface area contributed by atoms with Crippen molar-refractivity contribution in [3.8, 4) is 5.75 Å². The molecule has 0 aliphatic heterocycles. The van der Waals surface area contributed by atoms with Gasteiger partial charge in [-0.05, 0) is 37.7 Å². The van der Waals surface area contributed by atoms with E-state index in [1.807, 2.05) is 20.8 Å². The number of carbonyl (C=O) groups excluding carboxylic acids is 1. The number of nitrogens with zero attached hydrogens (tertiary/aromatic N) is 1. The fraction of sp³-hybridized carbons (Fsp3) is 0.500. The number of ether oxygens (including phenoxy) is 1. The van der Waals surface area contributed by atoms with E-state index in [9.17, 15) is 4.79 Å². The average molecular weight is 270 g/mol. The molecule has 1 rings (SSSR count). The first kappa shape index (κ1) is 15.0. The minimum absolute atomic E-state index is 0.0393. The predicted molar refractivity (Wildman–Crippen MR) is 74.9 cm³/mol. The maximum atomic E-state index is 12.2. The first-order valence-electron chi connectivity index (χ1n) is 6.13. The maximum Gasteiger partial charge on any atom is 0.180 e. The van der Waals surface area contributed by atoms with Gasteiger partial charge in [0.2, 0.25) is 0 Å². The van der Waals surface area contributed by atoms with E-state index in [-0.39, 0.29) is 5.78 Å². The van der Waals surface area contributed by atoms with Crippen LogP contribution >= 0.6 is 11.6 Å². The van der Waals surface area contributed by atoms with E-state index in [1.165, 1.54) is 0 Å². The van der Waals surface area contributed by atoms with Crippen molar-refractivity contribution >= 4 is 17.4 Å². The van der Waals surface area contributed by atoms with Crippen molar-refractivity contribution in [1.29, 1.82) is 0 Å². The van der Waals surface area contributed by atoms with E-state index >= 15 is 0 Å². The molecule has 0 amide bonds. The van der Waals surface area contributed by atoms with Crippen LogP contribution in [0.1, 0.15) is 29.8 Å². The molecule has 18 heavy (non-hydrogen) atoms. The van der Waals surface area contributed by atoms with Crippen LogP contribution < -0.4 is 4.74 Å². The summed E-state index contributed by atoms with van der Waals surface area (Å²) in [5.74, 6) is 0.631. The summed E-state index contributed by atoms with van der Waals surface area (Å²) in [6.45, 7) is 8.06. The number of rotatable bonds is 6. The molecule has 0 N–H and O–H groups in total. The Morgan fingerprint density at radius 1 is 1.33 bits per heavy atom. The van der Waals surface area contributed by atoms with Crippen LogP contribution in [0.15, 0.2) is 12.1 Å². The second-order valence-electron chi connectivity index (χ2n) is 4.19. The molecule has 0 radical (unpaired) electrons. The average Bonchev–Trinajstić information content (AvgIpc) is 2.38. The lowest BCUT2D eigenvalue weighted by molar-refractivity contribution is 0.0934. The van der Waals surface area contributed by atoms with Crippen molar-refractivity contribution in [2.75, 3.05) is 26.7 Å². The summed E-state index contributed by atoms with van der Waals surface area (Å²) < 4.78 is 5.25. The number of methoxy groups -OCH3 is 1. The Bertz CT molecular complexity index is 428. The summed E-state index contributed by atoms with van der Waals surface area (Å²) in [4.78, 5) is 14.3. The van der Waals surface area contributed by atoms with Crippen LogP contribution in [0.2, 0.25) is 5.02 Å². The van der Waals surface area contributed by atoms with E-state index in [2.05, 4.69) is 4.90 Å². The summed E-state index contributed by atoms with van der Waals surface area (Å²) in [6, 6.07) is 3.50. The summed E-state index contributed by atoms with van der Waals surface area (Å²) in [5.41, 5.74) is 1.47. The fourth-order valence-corrected chi connectivity index (χ4v) is 1.94. The van der Waals surface area contributed by atoms with Crippen LogP contribution in [-0.2, 0) is 0 Å². The predicted octanol–water partition coefficient (Wildman–Crippen LogP) is 3.18. The smallest absolute Gasteiger partial charge is 0.180 e. The van der Waals surface area contributed by atoms with Crippen molar-refractivity contribution < 1.29 is 9.53 Å². The zero-order valence-corrected chi connectivity index (χ0v) is 12.2. The highest BCUT2D eigenvalue weighted by atomic mass is 35.5. The van der Waals surface area contributed by atoms with Gasteiger partial charge >= 0.3 is 0 Å². The highest BCUT2D eigenvalue weighted by Gasteiger charge is 2.16. The van der Waals surface area contributed by atoms with Gasteiger partial charge in [0.25, 0.3) is 0 Å². The van der Waals surface area contributed by atoms with Crippen molar-refractivity contribution in [2.45, 2.75) is 20.8 Å². The quantitative estimate of drug-likeness (QED) is 0.743. The van der Waals surface area contributed by atoms with Crippen molar-refractivity contribution in [3.63, 3.8) is 0 Å². The lowest BCUT2D eigenvalue weighted by Crippen LogP contribution is -2.29. The summed E-state index contributed by atoms with van der Waals surface area (Å²) >= 11 is 6.07. The van der Waals surface area contributed by atoms with E-state index < -0.39 is 0 Å². The first-order chi connectivity index (χ1) is 8.53. The number of likely N-dealkylation sites (N-methyl/N-ethyl adjacent to an activating group) is 1. The number of hydrogen-bond donors (Lipinski definition) is 0. The molecular formula is C14H20ClNO2. The lowest BCUT2D eigenvalue weighted by Gasteiger charge is -2.18. The molecule has 0 aliphatic rings. The molecule has 100 valence electrons. The molecule has 0 atom stereocenters. The third-order valence-corrected chi connectivity index (χ3v) is 3.45. The molecule has 0 saturated heterocycles. The monoisotopic (exact) mass is 269 g/mol. The second-order valence-corrected chi connectivity index (χ2v) is 4.59. The molecule has 0 unspecified atom stereocenters. The van der Waals surface area contributed by atoms with Gasteiger partial charge in [-0.2, -0.15) is 0 Å². The number of hydrogen-bond acceptors (Lipinski definition) is 3. The third-order valence-electron chi connectivity index (χ3n) is 3.04. The summed E-state index contributed by atoms with van der Waals surface area (Å²) in [6.07, 6.45) is 0. The number of halogens is 1. The zero-order valence-electron chi connectivity index (χ0n) is 11.4. The number of aryl methyl sites for hydroxylation is 1. The van der Waals surface area contributed by atoms with Crippen LogP contribution in [0, 0.1) is 6.92 Å². The van der Waals surface area contributed by atoms with E-state index in [0.717, 1.165) is 18.7 Å². The molecule has 0 aromatic heterocycles. The molecule has 0 bridgehead atoms. The Hall–Kier alpha value is -1.06. The van der Waals surface area contributed by atoms with Crippen LogP contribution in [0.3, 0.4) is 0 Å². The number of benzene rings is 1. The summed E-state index contributed by atoms with van der Waals surface area (Å²) in [5, 5.41) is 0.596. The number of carbonyl (C=O) groups is 1. The highest BCUT2D eigenvalue weighted by molar-refractivity contribution is 6.31. The van der Waals surface area contributed by atoms with E-state index in [0.29, 0.717) is 22.9 Å². The molecule has 3 nitrogen and oxygen atoms in total. The Kier molecular flexibility index (Phi) is 5.63. The first-order valence-corrected chi connectivity index (χ1v) is 6.50. The molecular weight excluding hydrogens is 250 g/mol. The third kappa shape index (κ3) is 3.47. The molecule has 0 fully saturated rings. The van der Waals surface area contributed by atoms with Gasteiger partial charge in [0, 0.05) is 5.02 Å². The highest BCUT2D eigenvalue weighted by Crippen LogP contribution is 2.27. The van der Waals surface area contributed by atoms with Gasteiger partial charge < -0.3 is 4.74 Å². The Balaban J connectivity index is 3.01. The van der Waals surface area contributed by atoms with Crippen molar-refractivity contribution in [2.24, 2.45) is 0 Å². The molecule has 0 spiro atoms. The normalized spacial score (nSPS) is 10.8. The molecule has 0 heterocycles. The van der Waals surface area contributed by atoms with Gasteiger partial charge in [0.1, 0.15) is 5.75 Å². The van der Waals surface area contributed by atoms with E-state index in [1.54, 1.807) is 19.2 Å². The second kappa shape index (κ2) is 6.76. The largest absolute Gasteiger partial charge is 0.496 e. The number of ketones is 1. The topological polar surface area (TPSA) is 29.5 Å². The summed E-state index contributed by atoms with van der Waals surface area (Å²) in [7, 11) is 1.57. The van der Waals surface area contributed by atoms with Crippen LogP contribution in [0.25, 0.3) is 0 Å². The maximum absolute atomic E-state index is 12.2.